The molecule has 2 nitrogen and oxygen atoms in total. The average Bonchev–Trinajstić information content (AvgIpc) is 2.27. The highest BCUT2D eigenvalue weighted by Gasteiger charge is 2.05. The van der Waals surface area contributed by atoms with E-state index in [0.29, 0.717) is 10.2 Å². The van der Waals surface area contributed by atoms with E-state index in [1.807, 2.05) is 30.3 Å². The molecule has 2 rings (SSSR count). The maximum absolute atomic E-state index is 13.2. The average molecular weight is 284 g/mol. The van der Waals surface area contributed by atoms with Crippen LogP contribution in [-0.2, 0) is 0 Å². The Balaban J connectivity index is 2.10. The first-order chi connectivity index (χ1) is 7.65. The van der Waals surface area contributed by atoms with Crippen molar-refractivity contribution in [3.63, 3.8) is 0 Å². The van der Waals surface area contributed by atoms with Gasteiger partial charge in [-0.25, -0.2) is 4.39 Å². The second kappa shape index (κ2) is 4.70. The zero-order chi connectivity index (χ0) is 11.5. The van der Waals surface area contributed by atoms with Crippen LogP contribution in [0.2, 0.25) is 0 Å². The zero-order valence-electron chi connectivity index (χ0n) is 8.78. The fourth-order valence-electron chi connectivity index (χ4n) is 1.32. The topological polar surface area (TPSA) is 12.5 Å². The second-order valence-electron chi connectivity index (χ2n) is 3.54. The Bertz CT molecular complexity index is 456. The van der Waals surface area contributed by atoms with Crippen molar-refractivity contribution in [3.05, 3.63) is 52.6 Å². The van der Waals surface area contributed by atoms with Crippen LogP contribution in [0.1, 0.15) is 0 Å². The minimum atomic E-state index is -0.324. The summed E-state index contributed by atoms with van der Waals surface area (Å²) < 4.78 is 19.2. The standard InChI is InChI=1S/C12H11BrFNO/c1-15-6-4-9(5-7-15)16-10-2-3-11(13)12(14)8-10/h2-6,8H,7H2,1H3. The molecule has 16 heavy (non-hydrogen) atoms. The van der Waals surface area contributed by atoms with Crippen molar-refractivity contribution in [1.82, 2.24) is 4.90 Å². The van der Waals surface area contributed by atoms with E-state index in [4.69, 9.17) is 4.74 Å². The van der Waals surface area contributed by atoms with Crippen LogP contribution in [0.25, 0.3) is 0 Å². The normalized spacial score (nSPS) is 14.9. The third-order valence-electron chi connectivity index (χ3n) is 2.20. The highest BCUT2D eigenvalue weighted by Crippen LogP contribution is 2.23. The summed E-state index contributed by atoms with van der Waals surface area (Å²) in [7, 11) is 1.98. The SMILES string of the molecule is CN1C=CC(Oc2ccc(Br)c(F)c2)=CC1. The molecule has 0 bridgehead atoms. The van der Waals surface area contributed by atoms with E-state index in [9.17, 15) is 4.39 Å². The molecule has 0 aromatic heterocycles. The third-order valence-corrected chi connectivity index (χ3v) is 2.84. The first-order valence-corrected chi connectivity index (χ1v) is 5.66. The van der Waals surface area contributed by atoms with Gasteiger partial charge in [-0.15, -0.1) is 0 Å². The number of halogens is 2. The Morgan fingerprint density at radius 2 is 2.25 bits per heavy atom. The molecule has 1 aromatic carbocycles. The van der Waals surface area contributed by atoms with Crippen LogP contribution in [-0.4, -0.2) is 18.5 Å². The zero-order valence-corrected chi connectivity index (χ0v) is 10.4. The number of allylic oxidation sites excluding steroid dienone is 1. The Kier molecular flexibility index (Phi) is 3.29. The smallest absolute Gasteiger partial charge is 0.141 e. The molecule has 0 amide bonds. The predicted molar refractivity (Wildman–Crippen MR) is 64.6 cm³/mol. The first kappa shape index (κ1) is 11.2. The van der Waals surface area contributed by atoms with Gasteiger partial charge >= 0.3 is 0 Å². The molecule has 0 spiro atoms. The van der Waals surface area contributed by atoms with Crippen LogP contribution < -0.4 is 4.74 Å². The van der Waals surface area contributed by atoms with Gasteiger partial charge in [-0.05, 0) is 40.2 Å². The largest absolute Gasteiger partial charge is 0.457 e. The van der Waals surface area contributed by atoms with E-state index in [0.717, 1.165) is 12.3 Å². The van der Waals surface area contributed by atoms with Crippen molar-refractivity contribution >= 4 is 15.9 Å². The van der Waals surface area contributed by atoms with E-state index in [2.05, 4.69) is 15.9 Å². The molecule has 0 saturated carbocycles. The molecule has 0 unspecified atom stereocenters. The Morgan fingerprint density at radius 1 is 1.44 bits per heavy atom. The minimum Gasteiger partial charge on any atom is -0.457 e. The molecule has 1 heterocycles. The van der Waals surface area contributed by atoms with Crippen LogP contribution in [0.15, 0.2) is 46.8 Å². The van der Waals surface area contributed by atoms with Gasteiger partial charge in [-0.3, -0.25) is 0 Å². The van der Waals surface area contributed by atoms with Gasteiger partial charge < -0.3 is 9.64 Å². The van der Waals surface area contributed by atoms with Crippen LogP contribution >= 0.6 is 15.9 Å². The molecule has 4 heteroatoms. The van der Waals surface area contributed by atoms with Gasteiger partial charge in [-0.1, -0.05) is 0 Å². The Morgan fingerprint density at radius 3 is 2.88 bits per heavy atom. The number of hydrogen-bond acceptors (Lipinski definition) is 2. The molecule has 1 aliphatic rings. The fraction of sp³-hybridized carbons (Fsp3) is 0.167. The van der Waals surface area contributed by atoms with Gasteiger partial charge in [0.1, 0.15) is 17.3 Å². The van der Waals surface area contributed by atoms with Gasteiger partial charge in [-0.2, -0.15) is 0 Å². The van der Waals surface area contributed by atoms with Crippen LogP contribution in [0.3, 0.4) is 0 Å². The summed E-state index contributed by atoms with van der Waals surface area (Å²) in [5, 5.41) is 0. The van der Waals surface area contributed by atoms with Crippen LogP contribution in [0, 0.1) is 5.82 Å². The lowest BCUT2D eigenvalue weighted by Gasteiger charge is -2.17. The summed E-state index contributed by atoms with van der Waals surface area (Å²) in [6, 6.07) is 4.71. The van der Waals surface area contributed by atoms with E-state index < -0.39 is 0 Å². The summed E-state index contributed by atoms with van der Waals surface area (Å²) in [5.41, 5.74) is 0. The lowest BCUT2D eigenvalue weighted by Crippen LogP contribution is -2.15. The molecule has 0 fully saturated rings. The summed E-state index contributed by atoms with van der Waals surface area (Å²) >= 11 is 3.10. The number of hydrogen-bond donors (Lipinski definition) is 0. The minimum absolute atomic E-state index is 0.324. The number of rotatable bonds is 2. The highest BCUT2D eigenvalue weighted by atomic mass is 79.9. The molecular weight excluding hydrogens is 273 g/mol. The van der Waals surface area contributed by atoms with Crippen molar-refractivity contribution < 1.29 is 9.13 Å². The van der Waals surface area contributed by atoms with Crippen molar-refractivity contribution in [3.8, 4) is 5.75 Å². The number of ether oxygens (including phenoxy) is 1. The lowest BCUT2D eigenvalue weighted by atomic mass is 10.3. The Hall–Kier alpha value is -1.29. The molecular formula is C12H11BrFNO. The molecule has 84 valence electrons. The van der Waals surface area contributed by atoms with Crippen molar-refractivity contribution in [2.45, 2.75) is 0 Å². The maximum Gasteiger partial charge on any atom is 0.141 e. The summed E-state index contributed by atoms with van der Waals surface area (Å²) in [4.78, 5) is 2.02. The molecule has 0 radical (unpaired) electrons. The van der Waals surface area contributed by atoms with Gasteiger partial charge in [0, 0.05) is 25.9 Å². The molecule has 0 atom stereocenters. The number of benzene rings is 1. The second-order valence-corrected chi connectivity index (χ2v) is 4.39. The van der Waals surface area contributed by atoms with Crippen molar-refractivity contribution in [1.29, 1.82) is 0 Å². The Labute approximate surface area is 102 Å². The van der Waals surface area contributed by atoms with Gasteiger partial charge in [0.2, 0.25) is 0 Å². The van der Waals surface area contributed by atoms with E-state index >= 15 is 0 Å². The molecule has 0 aliphatic carbocycles. The maximum atomic E-state index is 13.2. The number of likely N-dealkylation sites (N-methyl/N-ethyl adjacent to an activating group) is 1. The molecule has 0 saturated heterocycles. The fourth-order valence-corrected chi connectivity index (χ4v) is 1.56. The van der Waals surface area contributed by atoms with E-state index in [1.165, 1.54) is 6.07 Å². The third kappa shape index (κ3) is 2.64. The highest BCUT2D eigenvalue weighted by molar-refractivity contribution is 9.10. The molecule has 1 aliphatic heterocycles. The quantitative estimate of drug-likeness (QED) is 0.826. The molecule has 0 N–H and O–H groups in total. The lowest BCUT2D eigenvalue weighted by molar-refractivity contribution is 0.413. The van der Waals surface area contributed by atoms with Crippen molar-refractivity contribution in [2.75, 3.05) is 13.6 Å². The van der Waals surface area contributed by atoms with Crippen molar-refractivity contribution in [2.24, 2.45) is 0 Å². The van der Waals surface area contributed by atoms with Gasteiger partial charge in [0.15, 0.2) is 0 Å². The van der Waals surface area contributed by atoms with Crippen LogP contribution in [0.5, 0.6) is 5.75 Å². The summed E-state index contributed by atoms with van der Waals surface area (Å²) in [6.45, 7) is 0.796. The first-order valence-electron chi connectivity index (χ1n) is 4.86. The summed E-state index contributed by atoms with van der Waals surface area (Å²) in [6.07, 6.45) is 5.72. The van der Waals surface area contributed by atoms with Crippen LogP contribution in [0.4, 0.5) is 4.39 Å². The van der Waals surface area contributed by atoms with E-state index in [-0.39, 0.29) is 5.82 Å². The number of nitrogens with zero attached hydrogens (tertiary/aromatic N) is 1. The molecule has 1 aromatic rings. The predicted octanol–water partition coefficient (Wildman–Crippen LogP) is 3.31. The van der Waals surface area contributed by atoms with Gasteiger partial charge in [0.05, 0.1) is 4.47 Å². The van der Waals surface area contributed by atoms with E-state index in [1.54, 1.807) is 12.1 Å². The summed E-state index contributed by atoms with van der Waals surface area (Å²) in [5.74, 6) is 0.913. The monoisotopic (exact) mass is 283 g/mol. The van der Waals surface area contributed by atoms with Gasteiger partial charge in [0.25, 0.3) is 0 Å².